The maximum absolute atomic E-state index is 6.81. The van der Waals surface area contributed by atoms with Crippen molar-refractivity contribution in [3.05, 3.63) is 40.2 Å². The van der Waals surface area contributed by atoms with Gasteiger partial charge in [0.2, 0.25) is 6.54 Å². The SMILES string of the molecule is [C-]#[N+]Cc1cc(C)c(C)cc1OC. The average molecular weight is 175 g/mol. The first kappa shape index (κ1) is 9.60. The second-order valence-electron chi connectivity index (χ2n) is 3.06. The molecule has 0 bridgehead atoms. The molecule has 1 aromatic carbocycles. The number of rotatable bonds is 2. The highest BCUT2D eigenvalue weighted by molar-refractivity contribution is 5.42. The molecule has 0 spiro atoms. The Morgan fingerprint density at radius 2 is 1.92 bits per heavy atom. The van der Waals surface area contributed by atoms with Gasteiger partial charge in [0.1, 0.15) is 5.75 Å². The first-order valence-electron chi connectivity index (χ1n) is 4.16. The van der Waals surface area contributed by atoms with Gasteiger partial charge in [-0.05, 0) is 37.1 Å². The first-order chi connectivity index (χ1) is 6.19. The quantitative estimate of drug-likeness (QED) is 0.630. The molecule has 0 heterocycles. The largest absolute Gasteiger partial charge is 0.496 e. The average Bonchev–Trinajstić information content (AvgIpc) is 2.11. The topological polar surface area (TPSA) is 13.6 Å². The molecule has 0 fully saturated rings. The third kappa shape index (κ3) is 2.00. The number of methoxy groups -OCH3 is 1. The van der Waals surface area contributed by atoms with E-state index in [1.807, 2.05) is 26.0 Å². The van der Waals surface area contributed by atoms with E-state index in [9.17, 15) is 0 Å². The van der Waals surface area contributed by atoms with Crippen LogP contribution in [0, 0.1) is 20.4 Å². The molecule has 0 unspecified atom stereocenters. The summed E-state index contributed by atoms with van der Waals surface area (Å²) in [5, 5.41) is 0. The number of aryl methyl sites for hydroxylation is 2. The van der Waals surface area contributed by atoms with Crippen molar-refractivity contribution in [3.63, 3.8) is 0 Å². The Balaban J connectivity index is 3.18. The summed E-state index contributed by atoms with van der Waals surface area (Å²) in [6.07, 6.45) is 0. The van der Waals surface area contributed by atoms with E-state index in [0.717, 1.165) is 11.3 Å². The van der Waals surface area contributed by atoms with Crippen LogP contribution in [-0.2, 0) is 6.54 Å². The van der Waals surface area contributed by atoms with Crippen LogP contribution >= 0.6 is 0 Å². The van der Waals surface area contributed by atoms with E-state index in [4.69, 9.17) is 11.3 Å². The lowest BCUT2D eigenvalue weighted by molar-refractivity contribution is 0.410. The molecule has 0 aromatic heterocycles. The fraction of sp³-hybridized carbons (Fsp3) is 0.364. The van der Waals surface area contributed by atoms with Crippen molar-refractivity contribution in [1.82, 2.24) is 0 Å². The lowest BCUT2D eigenvalue weighted by Gasteiger charge is -2.07. The minimum Gasteiger partial charge on any atom is -0.496 e. The van der Waals surface area contributed by atoms with Gasteiger partial charge >= 0.3 is 0 Å². The molecular formula is C11H13NO. The molecule has 1 aromatic rings. The van der Waals surface area contributed by atoms with Gasteiger partial charge in [-0.3, -0.25) is 0 Å². The zero-order chi connectivity index (χ0) is 9.84. The molecule has 68 valence electrons. The van der Waals surface area contributed by atoms with Crippen LogP contribution < -0.4 is 4.74 Å². The van der Waals surface area contributed by atoms with Gasteiger partial charge < -0.3 is 9.58 Å². The molecule has 0 N–H and O–H groups in total. The summed E-state index contributed by atoms with van der Waals surface area (Å²) in [7, 11) is 1.64. The fourth-order valence-corrected chi connectivity index (χ4v) is 1.25. The summed E-state index contributed by atoms with van der Waals surface area (Å²) < 4.78 is 5.19. The van der Waals surface area contributed by atoms with Gasteiger partial charge in [0, 0.05) is 0 Å². The van der Waals surface area contributed by atoms with Crippen molar-refractivity contribution in [2.45, 2.75) is 20.4 Å². The predicted molar refractivity (Wildman–Crippen MR) is 52.8 cm³/mol. The van der Waals surface area contributed by atoms with E-state index in [1.54, 1.807) is 7.11 Å². The van der Waals surface area contributed by atoms with Crippen LogP contribution in [0.5, 0.6) is 5.75 Å². The van der Waals surface area contributed by atoms with Gasteiger partial charge in [0.05, 0.1) is 12.7 Å². The lowest BCUT2D eigenvalue weighted by atomic mass is 10.1. The van der Waals surface area contributed by atoms with Gasteiger partial charge in [-0.25, -0.2) is 6.57 Å². The van der Waals surface area contributed by atoms with Crippen LogP contribution in [0.25, 0.3) is 4.85 Å². The van der Waals surface area contributed by atoms with Crippen LogP contribution in [-0.4, -0.2) is 7.11 Å². The summed E-state index contributed by atoms with van der Waals surface area (Å²) in [6, 6.07) is 4.00. The molecule has 13 heavy (non-hydrogen) atoms. The van der Waals surface area contributed by atoms with Crippen molar-refractivity contribution < 1.29 is 4.74 Å². The Labute approximate surface area is 79.0 Å². The summed E-state index contributed by atoms with van der Waals surface area (Å²) in [5.41, 5.74) is 3.38. The van der Waals surface area contributed by atoms with Crippen LogP contribution in [0.3, 0.4) is 0 Å². The summed E-state index contributed by atoms with van der Waals surface area (Å²) in [4.78, 5) is 3.36. The molecule has 0 aliphatic rings. The molecule has 0 aliphatic carbocycles. The van der Waals surface area contributed by atoms with Gasteiger partial charge in [-0.15, -0.1) is 0 Å². The zero-order valence-electron chi connectivity index (χ0n) is 8.22. The van der Waals surface area contributed by atoms with Crippen molar-refractivity contribution in [2.24, 2.45) is 0 Å². The maximum Gasteiger partial charge on any atom is 0.243 e. The van der Waals surface area contributed by atoms with Crippen LogP contribution in [0.2, 0.25) is 0 Å². The van der Waals surface area contributed by atoms with Gasteiger partial charge in [0.15, 0.2) is 0 Å². The highest BCUT2D eigenvalue weighted by Gasteiger charge is 2.07. The Morgan fingerprint density at radius 1 is 1.31 bits per heavy atom. The Hall–Kier alpha value is -1.49. The third-order valence-electron chi connectivity index (χ3n) is 2.15. The normalized spacial score (nSPS) is 9.38. The monoisotopic (exact) mass is 175 g/mol. The highest BCUT2D eigenvalue weighted by atomic mass is 16.5. The molecular weight excluding hydrogens is 162 g/mol. The van der Waals surface area contributed by atoms with E-state index in [2.05, 4.69) is 4.85 Å². The highest BCUT2D eigenvalue weighted by Crippen LogP contribution is 2.23. The zero-order valence-corrected chi connectivity index (χ0v) is 8.22. The lowest BCUT2D eigenvalue weighted by Crippen LogP contribution is -1.93. The molecule has 2 heteroatoms. The second kappa shape index (κ2) is 3.95. The van der Waals surface area contributed by atoms with E-state index in [0.29, 0.717) is 6.54 Å². The molecule has 0 amide bonds. The fourth-order valence-electron chi connectivity index (χ4n) is 1.25. The van der Waals surface area contributed by atoms with Crippen molar-refractivity contribution in [1.29, 1.82) is 0 Å². The van der Waals surface area contributed by atoms with Crippen LogP contribution in [0.1, 0.15) is 16.7 Å². The van der Waals surface area contributed by atoms with Crippen molar-refractivity contribution in [2.75, 3.05) is 7.11 Å². The Kier molecular flexibility index (Phi) is 2.92. The molecule has 0 atom stereocenters. The molecule has 1 rings (SSSR count). The molecule has 2 nitrogen and oxygen atoms in total. The summed E-state index contributed by atoms with van der Waals surface area (Å²) >= 11 is 0. The van der Waals surface area contributed by atoms with E-state index in [1.165, 1.54) is 11.1 Å². The second-order valence-corrected chi connectivity index (χ2v) is 3.06. The van der Waals surface area contributed by atoms with Crippen molar-refractivity contribution >= 4 is 0 Å². The van der Waals surface area contributed by atoms with Gasteiger partial charge in [0.25, 0.3) is 0 Å². The van der Waals surface area contributed by atoms with Crippen LogP contribution in [0.15, 0.2) is 12.1 Å². The molecule has 0 saturated heterocycles. The minimum atomic E-state index is 0.393. The van der Waals surface area contributed by atoms with Crippen molar-refractivity contribution in [3.8, 4) is 5.75 Å². The first-order valence-corrected chi connectivity index (χ1v) is 4.16. The predicted octanol–water partition coefficient (Wildman–Crippen LogP) is 2.73. The van der Waals surface area contributed by atoms with Gasteiger partial charge in [-0.2, -0.15) is 0 Å². The number of hydrogen-bond acceptors (Lipinski definition) is 1. The van der Waals surface area contributed by atoms with E-state index >= 15 is 0 Å². The maximum atomic E-state index is 6.81. The molecule has 0 aliphatic heterocycles. The van der Waals surface area contributed by atoms with E-state index in [-0.39, 0.29) is 0 Å². The van der Waals surface area contributed by atoms with Gasteiger partial charge in [-0.1, -0.05) is 0 Å². The smallest absolute Gasteiger partial charge is 0.243 e. The third-order valence-corrected chi connectivity index (χ3v) is 2.15. The standard InChI is InChI=1S/C11H13NO/c1-8-5-10(7-12-3)11(13-4)6-9(8)2/h5-6H,7H2,1-2,4H3. The van der Waals surface area contributed by atoms with E-state index < -0.39 is 0 Å². The van der Waals surface area contributed by atoms with Crippen LogP contribution in [0.4, 0.5) is 0 Å². The molecule has 0 radical (unpaired) electrons. The Bertz CT molecular complexity index is 350. The summed E-state index contributed by atoms with van der Waals surface area (Å²) in [5.74, 6) is 0.819. The molecule has 0 saturated carbocycles. The number of benzene rings is 1. The Morgan fingerprint density at radius 3 is 2.46 bits per heavy atom. The minimum absolute atomic E-state index is 0.393. The number of ether oxygens (including phenoxy) is 1. The summed E-state index contributed by atoms with van der Waals surface area (Å²) in [6.45, 7) is 11.3. The number of hydrogen-bond donors (Lipinski definition) is 0. The number of nitrogens with zero attached hydrogens (tertiary/aromatic N) is 1.